The van der Waals surface area contributed by atoms with E-state index in [2.05, 4.69) is 20.8 Å². The van der Waals surface area contributed by atoms with Gasteiger partial charge in [-0.25, -0.2) is 0 Å². The van der Waals surface area contributed by atoms with Crippen LogP contribution < -0.4 is 4.90 Å². The summed E-state index contributed by atoms with van der Waals surface area (Å²) in [6.45, 7) is 5.83. The number of hydrogen-bond donors (Lipinski definition) is 0. The maximum atomic E-state index is 11.3. The molecule has 0 saturated heterocycles. The molecule has 0 aliphatic heterocycles. The molecule has 0 atom stereocenters. The van der Waals surface area contributed by atoms with Crippen molar-refractivity contribution in [2.75, 3.05) is 31.7 Å². The zero-order valence-electron chi connectivity index (χ0n) is 10.5. The van der Waals surface area contributed by atoms with Crippen molar-refractivity contribution in [1.82, 2.24) is 0 Å². The average Bonchev–Trinajstić information content (AvgIpc) is 2.28. The normalized spacial score (nSPS) is 10.4. The van der Waals surface area contributed by atoms with Gasteiger partial charge in [-0.1, -0.05) is 0 Å². The van der Waals surface area contributed by atoms with Crippen molar-refractivity contribution in [3.05, 3.63) is 28.2 Å². The number of rotatable bonds is 6. The zero-order valence-corrected chi connectivity index (χ0v) is 12.1. The molecule has 0 aliphatic carbocycles. The molecule has 0 aliphatic rings. The molecule has 0 aromatic heterocycles. The molecule has 0 radical (unpaired) electrons. The summed E-state index contributed by atoms with van der Waals surface area (Å²) in [7, 11) is 2.01. The average molecular weight is 300 g/mol. The first kappa shape index (κ1) is 14.2. The monoisotopic (exact) mass is 299 g/mol. The van der Waals surface area contributed by atoms with Crippen LogP contribution in [0.1, 0.15) is 24.2 Å². The van der Waals surface area contributed by atoms with Crippen LogP contribution >= 0.6 is 15.9 Å². The molecule has 3 nitrogen and oxygen atoms in total. The summed E-state index contributed by atoms with van der Waals surface area (Å²) in [5, 5.41) is 0. The van der Waals surface area contributed by atoms with Gasteiger partial charge < -0.3 is 9.64 Å². The summed E-state index contributed by atoms with van der Waals surface area (Å²) in [5.74, 6) is 0.0698. The molecule has 1 aromatic carbocycles. The fourth-order valence-corrected chi connectivity index (χ4v) is 2.15. The van der Waals surface area contributed by atoms with Crippen molar-refractivity contribution < 1.29 is 9.53 Å². The van der Waals surface area contributed by atoms with E-state index in [1.54, 1.807) is 6.92 Å². The quantitative estimate of drug-likeness (QED) is 0.597. The predicted octanol–water partition coefficient (Wildman–Crippen LogP) is 3.12. The molecule has 1 aromatic rings. The summed E-state index contributed by atoms with van der Waals surface area (Å²) in [6.07, 6.45) is 0. The third-order valence-electron chi connectivity index (χ3n) is 2.55. The molecule has 0 fully saturated rings. The van der Waals surface area contributed by atoms with Crippen LogP contribution in [-0.2, 0) is 4.74 Å². The van der Waals surface area contributed by atoms with Crippen molar-refractivity contribution >= 4 is 27.4 Å². The Labute approximate surface area is 111 Å². The minimum absolute atomic E-state index is 0.0698. The lowest BCUT2D eigenvalue weighted by Gasteiger charge is -2.19. The van der Waals surface area contributed by atoms with E-state index < -0.39 is 0 Å². The smallest absolute Gasteiger partial charge is 0.160 e. The van der Waals surface area contributed by atoms with E-state index >= 15 is 0 Å². The van der Waals surface area contributed by atoms with Crippen molar-refractivity contribution in [2.45, 2.75) is 13.8 Å². The number of hydrogen-bond acceptors (Lipinski definition) is 3. The third-order valence-corrected chi connectivity index (χ3v) is 3.20. The van der Waals surface area contributed by atoms with Crippen molar-refractivity contribution in [3.63, 3.8) is 0 Å². The Kier molecular flexibility index (Phi) is 5.65. The first-order chi connectivity index (χ1) is 8.06. The number of carbonyl (C=O) groups is 1. The fourth-order valence-electron chi connectivity index (χ4n) is 1.50. The second-order valence-electron chi connectivity index (χ2n) is 3.84. The van der Waals surface area contributed by atoms with Gasteiger partial charge in [-0.3, -0.25) is 4.79 Å². The van der Waals surface area contributed by atoms with Crippen LogP contribution in [-0.4, -0.2) is 32.6 Å². The Balaban J connectivity index is 2.72. The number of anilines is 1. The zero-order chi connectivity index (χ0) is 12.8. The van der Waals surface area contributed by atoms with E-state index in [1.165, 1.54) is 0 Å². The lowest BCUT2D eigenvalue weighted by molar-refractivity contribution is 0.101. The second kappa shape index (κ2) is 6.77. The molecule has 4 heteroatoms. The molecule has 0 spiro atoms. The van der Waals surface area contributed by atoms with Crippen LogP contribution in [0.15, 0.2) is 22.7 Å². The van der Waals surface area contributed by atoms with Gasteiger partial charge >= 0.3 is 0 Å². The molecule has 0 unspecified atom stereocenters. The lowest BCUT2D eigenvalue weighted by atomic mass is 10.1. The van der Waals surface area contributed by atoms with Gasteiger partial charge in [0.1, 0.15) is 0 Å². The summed E-state index contributed by atoms with van der Waals surface area (Å²) in [4.78, 5) is 13.4. The van der Waals surface area contributed by atoms with E-state index in [0.29, 0.717) is 12.2 Å². The van der Waals surface area contributed by atoms with Crippen LogP contribution in [0.5, 0.6) is 0 Å². The van der Waals surface area contributed by atoms with Gasteiger partial charge in [-0.05, 0) is 48.0 Å². The number of Topliss-reactive ketones (excluding diaryl/α,β-unsaturated/α-hetero) is 1. The topological polar surface area (TPSA) is 29.5 Å². The highest BCUT2D eigenvalue weighted by molar-refractivity contribution is 9.10. The first-order valence-corrected chi connectivity index (χ1v) is 6.45. The van der Waals surface area contributed by atoms with Crippen LogP contribution in [0.4, 0.5) is 5.69 Å². The maximum Gasteiger partial charge on any atom is 0.160 e. The molecule has 0 saturated carbocycles. The Morgan fingerprint density at radius 1 is 1.47 bits per heavy atom. The molecule has 17 heavy (non-hydrogen) atoms. The third kappa shape index (κ3) is 4.13. The van der Waals surface area contributed by atoms with Crippen LogP contribution in [0, 0.1) is 0 Å². The van der Waals surface area contributed by atoms with E-state index in [4.69, 9.17) is 4.74 Å². The SMILES string of the molecule is CCOCCN(C)c1ccc(C(C)=O)c(Br)c1. The molecule has 0 bridgehead atoms. The minimum Gasteiger partial charge on any atom is -0.380 e. The Morgan fingerprint density at radius 3 is 2.71 bits per heavy atom. The largest absolute Gasteiger partial charge is 0.380 e. The number of ether oxygens (including phenoxy) is 1. The second-order valence-corrected chi connectivity index (χ2v) is 4.69. The molecule has 0 amide bonds. The molecular formula is C13H18BrNO2. The van der Waals surface area contributed by atoms with Gasteiger partial charge in [0.15, 0.2) is 5.78 Å². The van der Waals surface area contributed by atoms with E-state index in [9.17, 15) is 4.79 Å². The number of likely N-dealkylation sites (N-methyl/N-ethyl adjacent to an activating group) is 1. The Bertz CT molecular complexity index is 393. The van der Waals surface area contributed by atoms with Gasteiger partial charge in [0, 0.05) is 35.9 Å². The number of halogens is 1. The van der Waals surface area contributed by atoms with Crippen molar-refractivity contribution in [3.8, 4) is 0 Å². The van der Waals surface area contributed by atoms with Gasteiger partial charge in [0.05, 0.1) is 6.61 Å². The summed E-state index contributed by atoms with van der Waals surface area (Å²) in [6, 6.07) is 5.76. The van der Waals surface area contributed by atoms with Crippen LogP contribution in [0.3, 0.4) is 0 Å². The molecular weight excluding hydrogens is 282 g/mol. The lowest BCUT2D eigenvalue weighted by Crippen LogP contribution is -2.22. The van der Waals surface area contributed by atoms with E-state index in [-0.39, 0.29) is 5.78 Å². The van der Waals surface area contributed by atoms with Crippen LogP contribution in [0.2, 0.25) is 0 Å². The predicted molar refractivity (Wildman–Crippen MR) is 73.9 cm³/mol. The van der Waals surface area contributed by atoms with Crippen molar-refractivity contribution in [1.29, 1.82) is 0 Å². The highest BCUT2D eigenvalue weighted by Gasteiger charge is 2.08. The Hall–Kier alpha value is -0.870. The number of ketones is 1. The van der Waals surface area contributed by atoms with Crippen LogP contribution in [0.25, 0.3) is 0 Å². The highest BCUT2D eigenvalue weighted by atomic mass is 79.9. The number of nitrogens with zero attached hydrogens (tertiary/aromatic N) is 1. The molecule has 94 valence electrons. The number of benzene rings is 1. The minimum atomic E-state index is 0.0698. The van der Waals surface area contributed by atoms with Gasteiger partial charge in [-0.2, -0.15) is 0 Å². The highest BCUT2D eigenvalue weighted by Crippen LogP contribution is 2.23. The fraction of sp³-hybridized carbons (Fsp3) is 0.462. The molecule has 1 rings (SSSR count). The van der Waals surface area contributed by atoms with Gasteiger partial charge in [0.25, 0.3) is 0 Å². The van der Waals surface area contributed by atoms with E-state index in [1.807, 2.05) is 32.2 Å². The van der Waals surface area contributed by atoms with Gasteiger partial charge in [-0.15, -0.1) is 0 Å². The molecule has 0 heterocycles. The summed E-state index contributed by atoms with van der Waals surface area (Å²) in [5.41, 5.74) is 1.79. The Morgan fingerprint density at radius 2 is 2.18 bits per heavy atom. The van der Waals surface area contributed by atoms with E-state index in [0.717, 1.165) is 23.3 Å². The van der Waals surface area contributed by atoms with Crippen molar-refractivity contribution in [2.24, 2.45) is 0 Å². The molecule has 0 N–H and O–H groups in total. The number of carbonyl (C=O) groups excluding carboxylic acids is 1. The maximum absolute atomic E-state index is 11.3. The summed E-state index contributed by atoms with van der Waals surface area (Å²) >= 11 is 3.42. The first-order valence-electron chi connectivity index (χ1n) is 5.65. The van der Waals surface area contributed by atoms with Gasteiger partial charge in [0.2, 0.25) is 0 Å². The summed E-state index contributed by atoms with van der Waals surface area (Å²) < 4.78 is 6.15. The standard InChI is InChI=1S/C13H18BrNO2/c1-4-17-8-7-15(3)11-5-6-12(10(2)16)13(14)9-11/h5-6,9H,4,7-8H2,1-3H3.